The van der Waals surface area contributed by atoms with Crippen molar-refractivity contribution in [3.63, 3.8) is 0 Å². The molecule has 2 aliphatic heterocycles. The van der Waals surface area contributed by atoms with E-state index < -0.39 is 17.5 Å². The lowest BCUT2D eigenvalue weighted by Crippen LogP contribution is -2.49. The number of benzene rings is 1. The molecule has 4 heterocycles. The molecule has 1 unspecified atom stereocenters. The normalized spacial score (nSPS) is 19.6. The maximum absolute atomic E-state index is 15.1. The lowest BCUT2D eigenvalue weighted by atomic mass is 9.96. The number of aromatic nitrogens is 3. The quantitative estimate of drug-likeness (QED) is 0.402. The molecule has 0 spiro atoms. The molecule has 0 amide bonds. The standard InChI is InChI=1S/C29H36F3N7O/c1-18(2)39-17-29(3,32)40-27-22(30)12-20(13-24(27)39)26-23(31)15-34-28(36-26)35-25-7-6-21(14-33-25)38-10-8-19(9-11-38)16-37(4)5/h6-7,12-15,18-19H,8-11,16-17H2,1-5H3,(H,33,34,35,36). The average Bonchev–Trinajstić information content (AvgIpc) is 2.90. The highest BCUT2D eigenvalue weighted by Gasteiger charge is 2.38. The van der Waals surface area contributed by atoms with Gasteiger partial charge in [-0.3, -0.25) is 0 Å². The summed E-state index contributed by atoms with van der Waals surface area (Å²) in [6.07, 6.45) is 5.12. The van der Waals surface area contributed by atoms with Gasteiger partial charge in [0.2, 0.25) is 5.95 Å². The number of hydrogen-bond donors (Lipinski definition) is 1. The summed E-state index contributed by atoms with van der Waals surface area (Å²) in [5.41, 5.74) is 1.49. The van der Waals surface area contributed by atoms with Gasteiger partial charge in [0.15, 0.2) is 17.4 Å². The third-order valence-electron chi connectivity index (χ3n) is 7.33. The van der Waals surface area contributed by atoms with Crippen LogP contribution in [0.4, 0.5) is 36.3 Å². The highest BCUT2D eigenvalue weighted by molar-refractivity contribution is 5.73. The van der Waals surface area contributed by atoms with Crippen molar-refractivity contribution in [2.45, 2.75) is 45.5 Å². The van der Waals surface area contributed by atoms with Crippen molar-refractivity contribution >= 4 is 23.1 Å². The number of pyridine rings is 1. The molecule has 0 radical (unpaired) electrons. The molecule has 1 saturated heterocycles. The van der Waals surface area contributed by atoms with Crippen LogP contribution in [0.2, 0.25) is 0 Å². The number of nitrogens with zero attached hydrogens (tertiary/aromatic N) is 6. The van der Waals surface area contributed by atoms with E-state index in [-0.39, 0.29) is 35.5 Å². The Bertz CT molecular complexity index is 1340. The number of rotatable bonds is 7. The fourth-order valence-electron chi connectivity index (χ4n) is 5.41. The predicted octanol–water partition coefficient (Wildman–Crippen LogP) is 5.63. The Balaban J connectivity index is 1.34. The molecule has 1 aromatic carbocycles. The van der Waals surface area contributed by atoms with E-state index in [4.69, 9.17) is 4.74 Å². The first kappa shape index (κ1) is 27.9. The third kappa shape index (κ3) is 6.09. The topological polar surface area (TPSA) is 69.7 Å². The Morgan fingerprint density at radius 2 is 1.85 bits per heavy atom. The number of alkyl halides is 1. The Kier molecular flexibility index (Phi) is 7.76. The monoisotopic (exact) mass is 555 g/mol. The predicted molar refractivity (Wildman–Crippen MR) is 151 cm³/mol. The molecule has 2 aliphatic rings. The van der Waals surface area contributed by atoms with Crippen LogP contribution in [0.1, 0.15) is 33.6 Å². The van der Waals surface area contributed by atoms with E-state index in [0.717, 1.165) is 50.4 Å². The molecular formula is C29H36F3N7O. The Hall–Kier alpha value is -3.60. The zero-order valence-electron chi connectivity index (χ0n) is 23.6. The molecule has 8 nitrogen and oxygen atoms in total. The van der Waals surface area contributed by atoms with Crippen molar-refractivity contribution in [3.8, 4) is 17.0 Å². The molecule has 5 rings (SSSR count). The van der Waals surface area contributed by atoms with Gasteiger partial charge < -0.3 is 24.8 Å². The summed E-state index contributed by atoms with van der Waals surface area (Å²) in [4.78, 5) is 19.1. The minimum absolute atomic E-state index is 0.0879. The van der Waals surface area contributed by atoms with Crippen LogP contribution in [0.5, 0.6) is 5.75 Å². The maximum atomic E-state index is 15.1. The molecule has 0 bridgehead atoms. The minimum Gasteiger partial charge on any atom is -0.451 e. The van der Waals surface area contributed by atoms with Crippen molar-refractivity contribution in [2.24, 2.45) is 5.92 Å². The smallest absolute Gasteiger partial charge is 0.263 e. The lowest BCUT2D eigenvalue weighted by molar-refractivity contribution is -0.0475. The first-order valence-corrected chi connectivity index (χ1v) is 13.6. The molecule has 2 aromatic heterocycles. The highest BCUT2D eigenvalue weighted by Crippen LogP contribution is 2.43. The fourth-order valence-corrected chi connectivity index (χ4v) is 5.41. The Morgan fingerprint density at radius 1 is 1.10 bits per heavy atom. The van der Waals surface area contributed by atoms with Gasteiger partial charge >= 0.3 is 0 Å². The van der Waals surface area contributed by atoms with Gasteiger partial charge in [0.05, 0.1) is 30.3 Å². The zero-order chi connectivity index (χ0) is 28.6. The summed E-state index contributed by atoms with van der Waals surface area (Å²) in [6, 6.07) is 6.35. The molecule has 1 N–H and O–H groups in total. The van der Waals surface area contributed by atoms with Gasteiger partial charge in [0.25, 0.3) is 5.85 Å². The van der Waals surface area contributed by atoms with Gasteiger partial charge in [-0.1, -0.05) is 0 Å². The molecule has 40 heavy (non-hydrogen) atoms. The van der Waals surface area contributed by atoms with E-state index in [9.17, 15) is 8.78 Å². The van der Waals surface area contributed by atoms with E-state index in [2.05, 4.69) is 44.2 Å². The first-order valence-electron chi connectivity index (χ1n) is 13.6. The van der Waals surface area contributed by atoms with E-state index in [1.54, 1.807) is 17.2 Å². The highest BCUT2D eigenvalue weighted by atomic mass is 19.2. The molecule has 0 aliphatic carbocycles. The Morgan fingerprint density at radius 3 is 2.50 bits per heavy atom. The van der Waals surface area contributed by atoms with Crippen LogP contribution < -0.4 is 19.9 Å². The summed E-state index contributed by atoms with van der Waals surface area (Å²) >= 11 is 0. The zero-order valence-corrected chi connectivity index (χ0v) is 23.6. The fraction of sp³-hybridized carbons (Fsp3) is 0.483. The largest absolute Gasteiger partial charge is 0.451 e. The summed E-state index contributed by atoms with van der Waals surface area (Å²) in [5.74, 6) is -2.44. The average molecular weight is 556 g/mol. The van der Waals surface area contributed by atoms with E-state index >= 15 is 4.39 Å². The van der Waals surface area contributed by atoms with Gasteiger partial charge in [0, 0.05) is 38.2 Å². The number of ether oxygens (including phenoxy) is 1. The molecule has 1 fully saturated rings. The van der Waals surface area contributed by atoms with Crippen molar-refractivity contribution in [3.05, 3.63) is 48.3 Å². The SMILES string of the molecule is CC(C)N1CC(C)(F)Oc2c(F)cc(-c3nc(Nc4ccc(N5CCC(CN(C)C)CC5)cn4)ncc3F)cc21. The van der Waals surface area contributed by atoms with Gasteiger partial charge in [-0.25, -0.2) is 23.7 Å². The second kappa shape index (κ2) is 11.1. The van der Waals surface area contributed by atoms with Crippen LogP contribution in [0.3, 0.4) is 0 Å². The van der Waals surface area contributed by atoms with Crippen molar-refractivity contribution in [1.29, 1.82) is 0 Å². The van der Waals surface area contributed by atoms with Gasteiger partial charge in [-0.15, -0.1) is 0 Å². The third-order valence-corrected chi connectivity index (χ3v) is 7.33. The minimum atomic E-state index is -2.05. The van der Waals surface area contributed by atoms with Crippen LogP contribution in [0.25, 0.3) is 11.3 Å². The number of hydrogen-bond acceptors (Lipinski definition) is 8. The van der Waals surface area contributed by atoms with Crippen molar-refractivity contribution < 1.29 is 17.9 Å². The number of piperidine rings is 1. The van der Waals surface area contributed by atoms with Crippen molar-refractivity contribution in [1.82, 2.24) is 19.9 Å². The second-order valence-electron chi connectivity index (χ2n) is 11.3. The molecule has 3 aromatic rings. The number of nitrogens with one attached hydrogen (secondary N) is 1. The first-order chi connectivity index (χ1) is 19.0. The maximum Gasteiger partial charge on any atom is 0.263 e. The van der Waals surface area contributed by atoms with Crippen LogP contribution in [-0.2, 0) is 0 Å². The number of fused-ring (bicyclic) bond motifs is 1. The molecule has 1 atom stereocenters. The van der Waals surface area contributed by atoms with Crippen LogP contribution in [0, 0.1) is 17.6 Å². The van der Waals surface area contributed by atoms with Gasteiger partial charge in [-0.2, -0.15) is 4.39 Å². The molecular weight excluding hydrogens is 519 g/mol. The summed E-state index contributed by atoms with van der Waals surface area (Å²) in [7, 11) is 4.22. The molecule has 11 heteroatoms. The summed E-state index contributed by atoms with van der Waals surface area (Å²) < 4.78 is 50.1. The Labute approximate surface area is 233 Å². The van der Waals surface area contributed by atoms with E-state index in [1.807, 2.05) is 26.0 Å². The number of halogens is 3. The summed E-state index contributed by atoms with van der Waals surface area (Å²) in [6.45, 7) is 7.98. The van der Waals surface area contributed by atoms with Gasteiger partial charge in [-0.05, 0) is 71.0 Å². The van der Waals surface area contributed by atoms with Crippen LogP contribution >= 0.6 is 0 Å². The second-order valence-corrected chi connectivity index (χ2v) is 11.3. The lowest BCUT2D eigenvalue weighted by Gasteiger charge is -2.40. The molecule has 0 saturated carbocycles. The number of anilines is 4. The van der Waals surface area contributed by atoms with E-state index in [1.165, 1.54) is 6.92 Å². The molecule has 214 valence electrons. The summed E-state index contributed by atoms with van der Waals surface area (Å²) in [5, 5.41) is 3.01. The van der Waals surface area contributed by atoms with Gasteiger partial charge in [0.1, 0.15) is 11.5 Å². The van der Waals surface area contributed by atoms with Crippen LogP contribution in [-0.4, -0.2) is 72.0 Å². The van der Waals surface area contributed by atoms with Crippen LogP contribution in [0.15, 0.2) is 36.7 Å². The van der Waals surface area contributed by atoms with Crippen molar-refractivity contribution in [2.75, 3.05) is 55.4 Å². The van der Waals surface area contributed by atoms with E-state index in [0.29, 0.717) is 17.4 Å².